The van der Waals surface area contributed by atoms with E-state index in [-0.39, 0.29) is 22.8 Å². The quantitative estimate of drug-likeness (QED) is 0.0789. The first-order valence-corrected chi connectivity index (χ1v) is 25.4. The Morgan fingerprint density at radius 1 is 0.754 bits per heavy atom. The minimum Gasteiger partial charge on any atom is -0.411 e. The molecule has 3 heterocycles. The Balaban J connectivity index is 0.000000265. The first-order chi connectivity index (χ1) is 26.6. The number of fused-ring (bicyclic) bond motifs is 1. The molecular weight excluding hydrogens is 765 g/mol. The Kier molecular flexibility index (Phi) is 16.0. The molecule has 3 fully saturated rings. The van der Waals surface area contributed by atoms with Crippen molar-refractivity contribution in [2.24, 2.45) is 10.2 Å². The number of ether oxygens (including phenoxy) is 6. The number of aliphatic hydroxyl groups is 1. The second-order valence-corrected chi connectivity index (χ2v) is 27.8. The van der Waals surface area contributed by atoms with Gasteiger partial charge in [0.1, 0.15) is 30.5 Å². The summed E-state index contributed by atoms with van der Waals surface area (Å²) in [7, 11) is -4.35. The third-order valence-electron chi connectivity index (χ3n) is 11.3. The lowest BCUT2D eigenvalue weighted by atomic mass is 10.0. The Morgan fingerprint density at radius 2 is 1.26 bits per heavy atom. The molecule has 3 unspecified atom stereocenters. The minimum atomic E-state index is -2.17. The van der Waals surface area contributed by atoms with Crippen molar-refractivity contribution in [1.29, 1.82) is 0 Å². The predicted octanol–water partition coefficient (Wildman–Crippen LogP) is 9.14. The monoisotopic (exact) mass is 828 g/mol. The van der Waals surface area contributed by atoms with Crippen molar-refractivity contribution in [2.45, 2.75) is 166 Å². The molecule has 0 aliphatic carbocycles. The van der Waals surface area contributed by atoms with E-state index in [9.17, 15) is 10.6 Å². The number of aliphatic hydroxyl groups excluding tert-OH is 1. The largest absolute Gasteiger partial charge is 0.411 e. The van der Waals surface area contributed by atoms with Crippen LogP contribution in [0.15, 0.2) is 70.9 Å². The van der Waals surface area contributed by atoms with Gasteiger partial charge in [-0.15, -0.1) is 0 Å². The lowest BCUT2D eigenvalue weighted by Gasteiger charge is -2.41. The van der Waals surface area contributed by atoms with Crippen LogP contribution in [0.4, 0.5) is 0 Å². The Bertz CT molecular complexity index is 1660. The molecule has 5 rings (SSSR count). The van der Waals surface area contributed by atoms with Crippen LogP contribution in [-0.4, -0.2) is 95.9 Å². The Labute approximate surface area is 340 Å². The third-order valence-corrected chi connectivity index (χ3v) is 20.2. The van der Waals surface area contributed by atoms with E-state index < -0.39 is 71.5 Å². The highest BCUT2D eigenvalue weighted by Crippen LogP contribution is 2.44. The summed E-state index contributed by atoms with van der Waals surface area (Å²) in [5.41, 5.74) is 20.3. The van der Waals surface area contributed by atoms with Gasteiger partial charge in [0.05, 0.1) is 38.6 Å². The normalized spacial score (nSPS) is 27.7. The lowest BCUT2D eigenvalue weighted by molar-refractivity contribution is -0.218. The van der Waals surface area contributed by atoms with Gasteiger partial charge in [0.15, 0.2) is 35.0 Å². The predicted molar refractivity (Wildman–Crippen MR) is 222 cm³/mol. The van der Waals surface area contributed by atoms with Gasteiger partial charge in [-0.25, -0.2) is 0 Å². The van der Waals surface area contributed by atoms with E-state index in [0.717, 1.165) is 11.1 Å². The highest BCUT2D eigenvalue weighted by atomic mass is 28.4. The first kappa shape index (κ1) is 46.8. The minimum absolute atomic E-state index is 0.00171. The molecule has 3 saturated heterocycles. The van der Waals surface area contributed by atoms with Crippen LogP contribution in [0.2, 0.25) is 36.3 Å². The van der Waals surface area contributed by atoms with Crippen LogP contribution in [0.5, 0.6) is 0 Å². The molecule has 316 valence electrons. The fourth-order valence-corrected chi connectivity index (χ4v) is 8.56. The van der Waals surface area contributed by atoms with Crippen molar-refractivity contribution in [3.05, 3.63) is 92.7 Å². The van der Waals surface area contributed by atoms with Crippen LogP contribution in [0, 0.1) is 0 Å². The van der Waals surface area contributed by atoms with Crippen molar-refractivity contribution < 1.29 is 42.4 Å². The van der Waals surface area contributed by atoms with Gasteiger partial charge in [-0.2, -0.15) is 0 Å². The van der Waals surface area contributed by atoms with Crippen LogP contribution < -0.4 is 0 Å². The zero-order chi connectivity index (χ0) is 42.2. The van der Waals surface area contributed by atoms with Gasteiger partial charge in [-0.3, -0.25) is 0 Å². The number of rotatable bonds is 15. The molecule has 57 heavy (non-hydrogen) atoms. The van der Waals surface area contributed by atoms with E-state index in [1.165, 1.54) is 0 Å². The van der Waals surface area contributed by atoms with Crippen molar-refractivity contribution in [3.63, 3.8) is 0 Å². The summed E-state index contributed by atoms with van der Waals surface area (Å²) in [6, 6.07) is 18.5. The summed E-state index contributed by atoms with van der Waals surface area (Å²) in [5, 5.41) is 18.2. The standard InChI is InChI=1S/C24H43N3O4Si2.C16H21N3O5/c1-23(2,3)32(7,8)30-21-19(17-28-16-18-14-12-11-13-15-18)29-22(20(21)26-27-25)31-33(9,10)24(4,5)6;1-16(2)23-14-12(18-19-17)13(22-15(14)24-16)11(20)9-21-8-10-6-4-3-5-7-10/h11-15,19-22H,16-17H2,1-10H3;3-7,11-15,20H,8-9H2,1-2H3/t19-,20+,21?,22+;11?,12?,13-,14+,15-/m11/s1. The van der Waals surface area contributed by atoms with Crippen molar-refractivity contribution in [2.75, 3.05) is 13.2 Å². The van der Waals surface area contributed by atoms with Crippen LogP contribution in [-0.2, 0) is 50.5 Å². The number of nitrogens with zero attached hydrogens (tertiary/aromatic N) is 6. The van der Waals surface area contributed by atoms with E-state index in [2.05, 4.69) is 87.8 Å². The summed E-state index contributed by atoms with van der Waals surface area (Å²) >= 11 is 0. The second-order valence-electron chi connectivity index (χ2n) is 18.3. The van der Waals surface area contributed by atoms with Gasteiger partial charge >= 0.3 is 0 Å². The average molecular weight is 829 g/mol. The highest BCUT2D eigenvalue weighted by molar-refractivity contribution is 6.74. The molecule has 0 aromatic heterocycles. The molecule has 3 aliphatic heterocycles. The molecule has 0 radical (unpaired) electrons. The second kappa shape index (κ2) is 19.5. The molecule has 17 heteroatoms. The molecular formula is C40H64N6O9Si2. The summed E-state index contributed by atoms with van der Waals surface area (Å²) in [5.74, 6) is -0.807. The maximum Gasteiger partial charge on any atom is 0.195 e. The maximum absolute atomic E-state index is 10.4. The van der Waals surface area contributed by atoms with E-state index in [1.807, 2.05) is 60.7 Å². The van der Waals surface area contributed by atoms with Crippen LogP contribution in [0.1, 0.15) is 66.5 Å². The van der Waals surface area contributed by atoms with Gasteiger partial charge in [-0.05, 0) is 72.3 Å². The zero-order valence-electron chi connectivity index (χ0n) is 35.7. The van der Waals surface area contributed by atoms with Crippen molar-refractivity contribution in [3.8, 4) is 0 Å². The molecule has 9 atom stereocenters. The van der Waals surface area contributed by atoms with Gasteiger partial charge in [0.2, 0.25) is 0 Å². The third kappa shape index (κ3) is 12.6. The smallest absolute Gasteiger partial charge is 0.195 e. The maximum atomic E-state index is 10.4. The van der Waals surface area contributed by atoms with Gasteiger partial charge in [0.25, 0.3) is 0 Å². The molecule has 0 spiro atoms. The SMILES string of the molecule is CC(C)(C)[Si](C)(C)OC1[C@@H](COCc2ccccc2)O[C@@H](O[Si](C)(C)C(C)(C)C)[C@H]1N=[N+]=[N-].CC1(C)O[C@H]2O[C@H](C(O)COCc3ccccc3)C(N=[N+]=[N-])[C@@H]2O1. The van der Waals surface area contributed by atoms with Crippen LogP contribution >= 0.6 is 0 Å². The van der Waals surface area contributed by atoms with E-state index in [4.69, 9.17) is 42.8 Å². The summed E-state index contributed by atoms with van der Waals surface area (Å²) in [6.45, 7) is 26.6. The number of hydrogen-bond acceptors (Lipinski definition) is 11. The highest BCUT2D eigenvalue weighted by Gasteiger charge is 2.56. The molecule has 0 amide bonds. The van der Waals surface area contributed by atoms with Gasteiger partial charge in [0, 0.05) is 9.82 Å². The lowest BCUT2D eigenvalue weighted by Crippen LogP contribution is -2.51. The van der Waals surface area contributed by atoms with E-state index >= 15 is 0 Å². The fourth-order valence-electron chi connectivity index (χ4n) is 6.11. The van der Waals surface area contributed by atoms with Crippen molar-refractivity contribution >= 4 is 16.6 Å². The Morgan fingerprint density at radius 3 is 1.79 bits per heavy atom. The molecule has 0 bridgehead atoms. The fraction of sp³-hybridized carbons (Fsp3) is 0.700. The summed E-state index contributed by atoms with van der Waals surface area (Å²) in [6.07, 6.45) is -4.34. The number of hydrogen-bond donors (Lipinski definition) is 1. The number of benzene rings is 2. The molecule has 3 aliphatic rings. The molecule has 15 nitrogen and oxygen atoms in total. The first-order valence-electron chi connectivity index (χ1n) is 19.6. The van der Waals surface area contributed by atoms with Crippen LogP contribution in [0.3, 0.4) is 0 Å². The zero-order valence-corrected chi connectivity index (χ0v) is 37.7. The molecule has 2 aromatic rings. The average Bonchev–Trinajstić information content (AvgIpc) is 3.72. The van der Waals surface area contributed by atoms with Crippen molar-refractivity contribution in [1.82, 2.24) is 0 Å². The van der Waals surface area contributed by atoms with Gasteiger partial charge in [-0.1, -0.05) is 112 Å². The molecule has 0 saturated carbocycles. The van der Waals surface area contributed by atoms with Crippen LogP contribution in [0.25, 0.3) is 20.9 Å². The van der Waals surface area contributed by atoms with E-state index in [0.29, 0.717) is 19.8 Å². The molecule has 2 aromatic carbocycles. The number of azide groups is 2. The Hall–Kier alpha value is -2.87. The van der Waals surface area contributed by atoms with E-state index in [1.54, 1.807) is 13.8 Å². The molecule has 1 N–H and O–H groups in total. The summed E-state index contributed by atoms with van der Waals surface area (Å²) in [4.78, 5) is 5.98. The summed E-state index contributed by atoms with van der Waals surface area (Å²) < 4.78 is 48.4. The van der Waals surface area contributed by atoms with Gasteiger partial charge < -0.3 is 42.4 Å². The topological polar surface area (TPSA) is 192 Å².